The summed E-state index contributed by atoms with van der Waals surface area (Å²) < 4.78 is 26.9. The number of rotatable bonds is 3. The van der Waals surface area contributed by atoms with Crippen LogP contribution in [0, 0.1) is 5.92 Å². The molecule has 2 rings (SSSR count). The van der Waals surface area contributed by atoms with Gasteiger partial charge in [0.1, 0.15) is 9.23 Å². The normalized spacial score (nSPS) is 25.7. The maximum absolute atomic E-state index is 12.5. The fraction of sp³-hybridized carbons (Fsp3) is 0.636. The third-order valence-corrected chi connectivity index (χ3v) is 7.04. The van der Waals surface area contributed by atoms with E-state index in [9.17, 15) is 13.5 Å². The van der Waals surface area contributed by atoms with Gasteiger partial charge in [-0.2, -0.15) is 4.31 Å². The molecule has 0 aliphatic carbocycles. The first-order valence-corrected chi connectivity index (χ1v) is 9.00. The minimum atomic E-state index is -3.62. The van der Waals surface area contributed by atoms with Crippen molar-refractivity contribution in [1.82, 2.24) is 4.31 Å². The molecule has 1 aliphatic heterocycles. The molecule has 108 valence electrons. The van der Waals surface area contributed by atoms with Crippen molar-refractivity contribution in [3.05, 3.63) is 14.7 Å². The predicted molar refractivity (Wildman–Crippen MR) is 77.5 cm³/mol. The Labute approximate surface area is 127 Å². The standard InChI is InChI=1S/C11H15Cl2NO3S2/c1-2-7-6-14(4-3-8(7)15)19(16,17)9-5-10(12)18-11(9)13/h5,7-8,15H,2-4,6H2,1H3. The Morgan fingerprint density at radius 3 is 2.74 bits per heavy atom. The van der Waals surface area contributed by atoms with Crippen molar-refractivity contribution >= 4 is 44.6 Å². The zero-order valence-corrected chi connectivity index (χ0v) is 13.5. The highest BCUT2D eigenvalue weighted by atomic mass is 35.5. The monoisotopic (exact) mass is 343 g/mol. The molecule has 2 heterocycles. The van der Waals surface area contributed by atoms with Crippen molar-refractivity contribution in [3.8, 4) is 0 Å². The van der Waals surface area contributed by atoms with Crippen LogP contribution in [0.15, 0.2) is 11.0 Å². The van der Waals surface area contributed by atoms with Gasteiger partial charge in [0.15, 0.2) is 0 Å². The van der Waals surface area contributed by atoms with Gasteiger partial charge in [0.25, 0.3) is 0 Å². The third-order valence-electron chi connectivity index (χ3n) is 3.42. The number of aliphatic hydroxyl groups is 1. The van der Waals surface area contributed by atoms with Gasteiger partial charge in [-0.25, -0.2) is 8.42 Å². The Kier molecular flexibility index (Phi) is 4.80. The minimum Gasteiger partial charge on any atom is -0.393 e. The lowest BCUT2D eigenvalue weighted by Gasteiger charge is -2.34. The van der Waals surface area contributed by atoms with Crippen LogP contribution in [0.1, 0.15) is 19.8 Å². The third kappa shape index (κ3) is 3.09. The highest BCUT2D eigenvalue weighted by Gasteiger charge is 2.35. The van der Waals surface area contributed by atoms with E-state index in [0.717, 1.165) is 17.8 Å². The Hall–Kier alpha value is 0.150. The van der Waals surface area contributed by atoms with Crippen molar-refractivity contribution in [2.24, 2.45) is 5.92 Å². The van der Waals surface area contributed by atoms with Crippen LogP contribution in [0.2, 0.25) is 8.67 Å². The molecule has 1 aromatic heterocycles. The molecule has 19 heavy (non-hydrogen) atoms. The first-order chi connectivity index (χ1) is 8.86. The van der Waals surface area contributed by atoms with Crippen molar-refractivity contribution in [2.75, 3.05) is 13.1 Å². The lowest BCUT2D eigenvalue weighted by atomic mass is 9.94. The molecule has 1 N–H and O–H groups in total. The Balaban J connectivity index is 2.28. The second-order valence-corrected chi connectivity index (χ2v) is 8.77. The van der Waals surface area contributed by atoms with Crippen LogP contribution >= 0.6 is 34.5 Å². The summed E-state index contributed by atoms with van der Waals surface area (Å²) in [5.74, 6) is -0.0311. The van der Waals surface area contributed by atoms with E-state index in [0.29, 0.717) is 23.8 Å². The van der Waals surface area contributed by atoms with E-state index < -0.39 is 16.1 Å². The first kappa shape index (κ1) is 15.5. The number of piperidine rings is 1. The number of halogens is 2. The van der Waals surface area contributed by atoms with Crippen molar-refractivity contribution < 1.29 is 13.5 Å². The molecule has 0 aromatic carbocycles. The van der Waals surface area contributed by atoms with E-state index in [1.807, 2.05) is 6.92 Å². The van der Waals surface area contributed by atoms with E-state index in [2.05, 4.69) is 0 Å². The molecule has 0 spiro atoms. The first-order valence-electron chi connectivity index (χ1n) is 5.99. The van der Waals surface area contributed by atoms with E-state index in [-0.39, 0.29) is 15.1 Å². The van der Waals surface area contributed by atoms with Crippen LogP contribution in [0.25, 0.3) is 0 Å². The molecule has 0 bridgehead atoms. The zero-order chi connectivity index (χ0) is 14.2. The summed E-state index contributed by atoms with van der Waals surface area (Å²) in [6.07, 6.45) is 0.761. The lowest BCUT2D eigenvalue weighted by molar-refractivity contribution is 0.0521. The second-order valence-electron chi connectivity index (χ2n) is 4.58. The summed E-state index contributed by atoms with van der Waals surface area (Å²) >= 11 is 12.8. The number of hydrogen-bond acceptors (Lipinski definition) is 4. The molecule has 0 saturated carbocycles. The number of thiophene rings is 1. The largest absolute Gasteiger partial charge is 0.393 e. The quantitative estimate of drug-likeness (QED) is 0.917. The average Bonchev–Trinajstić information content (AvgIpc) is 2.69. The summed E-state index contributed by atoms with van der Waals surface area (Å²) in [6.45, 7) is 2.58. The van der Waals surface area contributed by atoms with Gasteiger partial charge in [-0.1, -0.05) is 30.1 Å². The molecule has 0 amide bonds. The van der Waals surface area contributed by atoms with Crippen molar-refractivity contribution in [1.29, 1.82) is 0 Å². The second kappa shape index (κ2) is 5.87. The van der Waals surface area contributed by atoms with Crippen LogP contribution in [-0.2, 0) is 10.0 Å². The minimum absolute atomic E-state index is 0.0311. The number of nitrogens with zero attached hydrogens (tertiary/aromatic N) is 1. The fourth-order valence-electron chi connectivity index (χ4n) is 2.25. The maximum Gasteiger partial charge on any atom is 0.245 e. The summed E-state index contributed by atoms with van der Waals surface area (Å²) in [5.41, 5.74) is 0. The van der Waals surface area contributed by atoms with Crippen LogP contribution in [-0.4, -0.2) is 37.0 Å². The lowest BCUT2D eigenvalue weighted by Crippen LogP contribution is -2.45. The number of sulfonamides is 1. The molecule has 2 atom stereocenters. The molecule has 8 heteroatoms. The van der Waals surface area contributed by atoms with Gasteiger partial charge in [-0.05, 0) is 24.8 Å². The summed E-state index contributed by atoms with van der Waals surface area (Å²) in [5, 5.41) is 9.82. The zero-order valence-electron chi connectivity index (χ0n) is 10.3. The number of aliphatic hydroxyl groups excluding tert-OH is 1. The maximum atomic E-state index is 12.5. The Morgan fingerprint density at radius 2 is 2.21 bits per heavy atom. The molecule has 1 fully saturated rings. The average molecular weight is 344 g/mol. The topological polar surface area (TPSA) is 57.6 Å². The van der Waals surface area contributed by atoms with Gasteiger partial charge in [-0.15, -0.1) is 11.3 Å². The van der Waals surface area contributed by atoms with E-state index in [1.54, 1.807) is 0 Å². The SMILES string of the molecule is CCC1CN(S(=O)(=O)c2cc(Cl)sc2Cl)CCC1O. The summed E-state index contributed by atoms with van der Waals surface area (Å²) in [4.78, 5) is 0.0652. The predicted octanol–water partition coefficient (Wildman–Crippen LogP) is 2.84. The summed E-state index contributed by atoms with van der Waals surface area (Å²) in [7, 11) is -3.62. The van der Waals surface area contributed by atoms with Crippen LogP contribution in [0.4, 0.5) is 0 Å². The Morgan fingerprint density at radius 1 is 1.53 bits per heavy atom. The Bertz CT molecular complexity index is 558. The molecule has 1 aliphatic rings. The fourth-order valence-corrected chi connectivity index (χ4v) is 5.87. The molecule has 1 saturated heterocycles. The van der Waals surface area contributed by atoms with Crippen LogP contribution in [0.3, 0.4) is 0 Å². The van der Waals surface area contributed by atoms with E-state index in [4.69, 9.17) is 23.2 Å². The van der Waals surface area contributed by atoms with Crippen molar-refractivity contribution in [2.45, 2.75) is 30.8 Å². The van der Waals surface area contributed by atoms with Crippen LogP contribution < -0.4 is 0 Å². The molecule has 0 radical (unpaired) electrons. The van der Waals surface area contributed by atoms with Gasteiger partial charge in [0.2, 0.25) is 10.0 Å². The highest BCUT2D eigenvalue weighted by molar-refractivity contribution is 7.89. The van der Waals surface area contributed by atoms with E-state index >= 15 is 0 Å². The smallest absolute Gasteiger partial charge is 0.245 e. The van der Waals surface area contributed by atoms with Crippen LogP contribution in [0.5, 0.6) is 0 Å². The van der Waals surface area contributed by atoms with Gasteiger partial charge in [0, 0.05) is 13.1 Å². The number of hydrogen-bond donors (Lipinski definition) is 1. The molecular formula is C11H15Cl2NO3S2. The van der Waals surface area contributed by atoms with Crippen molar-refractivity contribution in [3.63, 3.8) is 0 Å². The van der Waals surface area contributed by atoms with E-state index in [1.165, 1.54) is 10.4 Å². The van der Waals surface area contributed by atoms with Gasteiger partial charge in [-0.3, -0.25) is 0 Å². The van der Waals surface area contributed by atoms with Gasteiger partial charge < -0.3 is 5.11 Å². The molecule has 2 unspecified atom stereocenters. The molecule has 1 aromatic rings. The molecular weight excluding hydrogens is 329 g/mol. The highest BCUT2D eigenvalue weighted by Crippen LogP contribution is 2.37. The summed E-state index contributed by atoms with van der Waals surface area (Å²) in [6, 6.07) is 1.38. The molecule has 4 nitrogen and oxygen atoms in total. The van der Waals surface area contributed by atoms with Gasteiger partial charge >= 0.3 is 0 Å². The van der Waals surface area contributed by atoms with Gasteiger partial charge in [0.05, 0.1) is 10.4 Å².